The minimum atomic E-state index is -0.275. The van der Waals surface area contributed by atoms with Gasteiger partial charge in [0.1, 0.15) is 0 Å². The Morgan fingerprint density at radius 1 is 1.00 bits per heavy atom. The number of carbonyl (C=O) groups is 2. The Morgan fingerprint density at radius 3 is 2.08 bits per heavy atom. The average molecular weight is 335 g/mol. The van der Waals surface area contributed by atoms with Crippen LogP contribution < -0.4 is 19.5 Å². The van der Waals surface area contributed by atoms with Crippen LogP contribution in [0.1, 0.15) is 48.9 Å². The standard InChI is InChI=1S/C18H25NO5/c1-22-15-9-12(10-16(23-2)18(15)24-3)14(20)11-17(21)19-13-7-5-4-6-8-13/h9-10,13H,4-8,11H2,1-3H3,(H,19,21). The number of ketones is 1. The van der Waals surface area contributed by atoms with Gasteiger partial charge < -0.3 is 19.5 Å². The Labute approximate surface area is 142 Å². The summed E-state index contributed by atoms with van der Waals surface area (Å²) in [5.74, 6) is 0.701. The highest BCUT2D eigenvalue weighted by molar-refractivity contribution is 6.08. The zero-order valence-electron chi connectivity index (χ0n) is 14.5. The van der Waals surface area contributed by atoms with E-state index in [1.54, 1.807) is 12.1 Å². The summed E-state index contributed by atoms with van der Waals surface area (Å²) in [5.41, 5.74) is 0.364. The first-order valence-electron chi connectivity index (χ1n) is 8.21. The van der Waals surface area contributed by atoms with Crippen LogP contribution in [0.3, 0.4) is 0 Å². The Balaban J connectivity index is 2.07. The van der Waals surface area contributed by atoms with Crippen LogP contribution in [-0.2, 0) is 4.79 Å². The van der Waals surface area contributed by atoms with Crippen molar-refractivity contribution < 1.29 is 23.8 Å². The molecule has 0 radical (unpaired) electrons. The first-order valence-corrected chi connectivity index (χ1v) is 8.21. The number of methoxy groups -OCH3 is 3. The summed E-state index contributed by atoms with van der Waals surface area (Å²) in [6, 6.07) is 3.33. The largest absolute Gasteiger partial charge is 0.493 e. The molecule has 1 aliphatic carbocycles. The van der Waals surface area contributed by atoms with E-state index in [1.807, 2.05) is 0 Å². The van der Waals surface area contributed by atoms with Gasteiger partial charge in [-0.25, -0.2) is 0 Å². The lowest BCUT2D eigenvalue weighted by atomic mass is 9.95. The van der Waals surface area contributed by atoms with E-state index in [-0.39, 0.29) is 24.2 Å². The molecule has 0 heterocycles. The fourth-order valence-corrected chi connectivity index (χ4v) is 3.02. The van der Waals surface area contributed by atoms with E-state index in [2.05, 4.69) is 5.32 Å². The molecule has 2 rings (SSSR count). The molecular formula is C18H25NO5. The molecule has 1 aromatic carbocycles. The number of Topliss-reactive ketones (excluding diaryl/α,β-unsaturated/α-hetero) is 1. The van der Waals surface area contributed by atoms with Gasteiger partial charge >= 0.3 is 0 Å². The van der Waals surface area contributed by atoms with Crippen molar-refractivity contribution in [3.8, 4) is 17.2 Å². The van der Waals surface area contributed by atoms with Crippen LogP contribution in [0.25, 0.3) is 0 Å². The second kappa shape index (κ2) is 8.57. The van der Waals surface area contributed by atoms with Crippen LogP contribution in [0.4, 0.5) is 0 Å². The van der Waals surface area contributed by atoms with Crippen molar-refractivity contribution in [1.82, 2.24) is 5.32 Å². The van der Waals surface area contributed by atoms with Gasteiger partial charge in [-0.2, -0.15) is 0 Å². The van der Waals surface area contributed by atoms with Gasteiger partial charge in [-0.15, -0.1) is 0 Å². The highest BCUT2D eigenvalue weighted by Crippen LogP contribution is 2.38. The third kappa shape index (κ3) is 4.40. The fraction of sp³-hybridized carbons (Fsp3) is 0.556. The first-order chi connectivity index (χ1) is 11.6. The molecule has 1 N–H and O–H groups in total. The van der Waals surface area contributed by atoms with E-state index in [4.69, 9.17) is 14.2 Å². The van der Waals surface area contributed by atoms with E-state index in [1.165, 1.54) is 27.8 Å². The second-order valence-corrected chi connectivity index (χ2v) is 5.92. The predicted molar refractivity (Wildman–Crippen MR) is 90.1 cm³/mol. The Morgan fingerprint density at radius 2 is 1.58 bits per heavy atom. The Bertz CT molecular complexity index is 568. The maximum Gasteiger partial charge on any atom is 0.228 e. The molecule has 0 bridgehead atoms. The van der Waals surface area contributed by atoms with Crippen molar-refractivity contribution in [2.45, 2.75) is 44.6 Å². The molecule has 1 aromatic rings. The third-order valence-corrected chi connectivity index (χ3v) is 4.28. The first kappa shape index (κ1) is 18.1. The van der Waals surface area contributed by atoms with E-state index in [0.29, 0.717) is 22.8 Å². The van der Waals surface area contributed by atoms with Crippen molar-refractivity contribution in [2.24, 2.45) is 0 Å². The van der Waals surface area contributed by atoms with Gasteiger partial charge in [0.25, 0.3) is 0 Å². The van der Waals surface area contributed by atoms with Crippen molar-refractivity contribution in [3.63, 3.8) is 0 Å². The van der Waals surface area contributed by atoms with Crippen molar-refractivity contribution in [3.05, 3.63) is 17.7 Å². The normalized spacial score (nSPS) is 14.8. The predicted octanol–water partition coefficient (Wildman–Crippen LogP) is 2.73. The summed E-state index contributed by atoms with van der Waals surface area (Å²) in [4.78, 5) is 24.5. The zero-order chi connectivity index (χ0) is 17.5. The molecular weight excluding hydrogens is 310 g/mol. The molecule has 0 aliphatic heterocycles. The molecule has 1 saturated carbocycles. The summed E-state index contributed by atoms with van der Waals surface area (Å²) < 4.78 is 15.7. The lowest BCUT2D eigenvalue weighted by Crippen LogP contribution is -2.37. The molecule has 6 heteroatoms. The van der Waals surface area contributed by atoms with Crippen molar-refractivity contribution in [2.75, 3.05) is 21.3 Å². The number of hydrogen-bond donors (Lipinski definition) is 1. The molecule has 24 heavy (non-hydrogen) atoms. The van der Waals surface area contributed by atoms with Gasteiger partial charge in [-0.1, -0.05) is 19.3 Å². The lowest BCUT2D eigenvalue weighted by molar-refractivity contribution is -0.121. The van der Waals surface area contributed by atoms with Gasteiger partial charge in [-0.3, -0.25) is 9.59 Å². The van der Waals surface area contributed by atoms with Gasteiger partial charge in [0.2, 0.25) is 11.7 Å². The quantitative estimate of drug-likeness (QED) is 0.613. The molecule has 1 aliphatic rings. The summed E-state index contributed by atoms with van der Waals surface area (Å²) in [6.07, 6.45) is 5.28. The highest BCUT2D eigenvalue weighted by Gasteiger charge is 2.21. The second-order valence-electron chi connectivity index (χ2n) is 5.92. The molecule has 0 spiro atoms. The van der Waals surface area contributed by atoms with Crippen LogP contribution in [0, 0.1) is 0 Å². The minimum Gasteiger partial charge on any atom is -0.493 e. The number of benzene rings is 1. The zero-order valence-corrected chi connectivity index (χ0v) is 14.5. The Kier molecular flexibility index (Phi) is 6.46. The van der Waals surface area contributed by atoms with Crippen LogP contribution in [-0.4, -0.2) is 39.1 Å². The SMILES string of the molecule is COc1cc(C(=O)CC(=O)NC2CCCCC2)cc(OC)c1OC. The minimum absolute atomic E-state index is 0.185. The van der Waals surface area contributed by atoms with Gasteiger partial charge in [0, 0.05) is 11.6 Å². The molecule has 6 nitrogen and oxygen atoms in total. The van der Waals surface area contributed by atoms with Gasteiger partial charge in [0.15, 0.2) is 17.3 Å². The van der Waals surface area contributed by atoms with Gasteiger partial charge in [-0.05, 0) is 25.0 Å². The summed E-state index contributed by atoms with van der Waals surface area (Å²) in [7, 11) is 4.47. The van der Waals surface area contributed by atoms with Crippen LogP contribution in [0.15, 0.2) is 12.1 Å². The van der Waals surface area contributed by atoms with E-state index in [0.717, 1.165) is 25.7 Å². The van der Waals surface area contributed by atoms with E-state index in [9.17, 15) is 9.59 Å². The summed E-state index contributed by atoms with van der Waals surface area (Å²) >= 11 is 0. The number of hydrogen-bond acceptors (Lipinski definition) is 5. The smallest absolute Gasteiger partial charge is 0.228 e. The van der Waals surface area contributed by atoms with Gasteiger partial charge in [0.05, 0.1) is 27.8 Å². The number of amides is 1. The maximum absolute atomic E-state index is 12.4. The molecule has 1 amide bonds. The Hall–Kier alpha value is -2.24. The molecule has 0 unspecified atom stereocenters. The van der Waals surface area contributed by atoms with Crippen LogP contribution in [0.5, 0.6) is 17.2 Å². The lowest BCUT2D eigenvalue weighted by Gasteiger charge is -2.22. The molecule has 1 fully saturated rings. The summed E-state index contributed by atoms with van der Waals surface area (Å²) in [6.45, 7) is 0. The monoisotopic (exact) mass is 335 g/mol. The number of ether oxygens (including phenoxy) is 3. The van der Waals surface area contributed by atoms with Crippen LogP contribution >= 0.6 is 0 Å². The topological polar surface area (TPSA) is 73.9 Å². The molecule has 0 aromatic heterocycles. The molecule has 132 valence electrons. The van der Waals surface area contributed by atoms with Crippen LogP contribution in [0.2, 0.25) is 0 Å². The third-order valence-electron chi connectivity index (χ3n) is 4.28. The molecule has 0 atom stereocenters. The number of rotatable bonds is 7. The van der Waals surface area contributed by atoms with Crippen molar-refractivity contribution >= 4 is 11.7 Å². The fourth-order valence-electron chi connectivity index (χ4n) is 3.02. The maximum atomic E-state index is 12.4. The van der Waals surface area contributed by atoms with E-state index >= 15 is 0 Å². The summed E-state index contributed by atoms with van der Waals surface area (Å²) in [5, 5.41) is 2.95. The van der Waals surface area contributed by atoms with Crippen molar-refractivity contribution in [1.29, 1.82) is 0 Å². The molecule has 0 saturated heterocycles. The highest BCUT2D eigenvalue weighted by atomic mass is 16.5. The van der Waals surface area contributed by atoms with E-state index < -0.39 is 0 Å². The number of nitrogens with one attached hydrogen (secondary N) is 1. The number of carbonyl (C=O) groups excluding carboxylic acids is 2. The average Bonchev–Trinajstić information content (AvgIpc) is 2.60.